The molecule has 1 atom stereocenters. The zero-order valence-electron chi connectivity index (χ0n) is 13.6. The Morgan fingerprint density at radius 2 is 1.50 bits per heavy atom. The Bertz CT molecular complexity index is 770. The molecule has 1 heterocycles. The van der Waals surface area contributed by atoms with Gasteiger partial charge in [0.1, 0.15) is 0 Å². The van der Waals surface area contributed by atoms with Crippen LogP contribution in [0, 0.1) is 0 Å². The monoisotopic (exact) mass is 364 g/mol. The minimum absolute atomic E-state index is 0.284. The van der Waals surface area contributed by atoms with E-state index in [1.54, 1.807) is 28.6 Å². The largest absolute Gasteiger partial charge is 0.294 e. The summed E-state index contributed by atoms with van der Waals surface area (Å²) in [4.78, 5) is 2.62. The first-order valence-corrected chi connectivity index (χ1v) is 9.85. The Morgan fingerprint density at radius 1 is 0.917 bits per heavy atom. The molecule has 0 spiro atoms. The van der Waals surface area contributed by atoms with Crippen LogP contribution in [0.3, 0.4) is 0 Å². The topological polar surface area (TPSA) is 40.6 Å². The summed E-state index contributed by atoms with van der Waals surface area (Å²) >= 11 is 5.84. The van der Waals surface area contributed by atoms with E-state index >= 15 is 0 Å². The predicted molar refractivity (Wildman–Crippen MR) is 96.6 cm³/mol. The van der Waals surface area contributed by atoms with Gasteiger partial charge in [0.25, 0.3) is 0 Å². The third-order valence-electron chi connectivity index (χ3n) is 4.55. The third kappa shape index (κ3) is 3.64. The van der Waals surface area contributed by atoms with E-state index < -0.39 is 10.0 Å². The molecule has 1 fully saturated rings. The van der Waals surface area contributed by atoms with Gasteiger partial charge in [0.15, 0.2) is 0 Å². The maximum Gasteiger partial charge on any atom is 0.243 e. The quantitative estimate of drug-likeness (QED) is 0.834. The average Bonchev–Trinajstić information content (AvgIpc) is 2.62. The highest BCUT2D eigenvalue weighted by molar-refractivity contribution is 7.89. The molecular weight excluding hydrogens is 344 g/mol. The Hall–Kier alpha value is -1.40. The lowest BCUT2D eigenvalue weighted by atomic mass is 10.1. The second-order valence-corrected chi connectivity index (χ2v) is 8.36. The minimum Gasteiger partial charge on any atom is -0.294 e. The molecular formula is C18H21ClN2O2S. The van der Waals surface area contributed by atoms with Crippen LogP contribution in [-0.2, 0) is 10.0 Å². The van der Waals surface area contributed by atoms with Gasteiger partial charge in [-0.3, -0.25) is 4.90 Å². The van der Waals surface area contributed by atoms with Crippen LogP contribution in [0.15, 0.2) is 59.5 Å². The molecule has 2 aromatic rings. The Kier molecular flexibility index (Phi) is 5.25. The summed E-state index contributed by atoms with van der Waals surface area (Å²) in [7, 11) is -3.44. The summed E-state index contributed by atoms with van der Waals surface area (Å²) < 4.78 is 27.0. The van der Waals surface area contributed by atoms with Crippen molar-refractivity contribution in [3.8, 4) is 0 Å². The zero-order chi connectivity index (χ0) is 17.2. The van der Waals surface area contributed by atoms with Gasteiger partial charge in [-0.2, -0.15) is 4.31 Å². The molecule has 0 radical (unpaired) electrons. The van der Waals surface area contributed by atoms with Crippen molar-refractivity contribution in [1.29, 1.82) is 0 Å². The standard InChI is InChI=1S/C18H21ClN2O2S/c1-15(16-5-3-2-4-6-16)20-11-13-21(14-12-20)24(22,23)18-9-7-17(19)8-10-18/h2-10,15H,11-14H2,1H3. The SMILES string of the molecule is CC(c1ccccc1)N1CCN(S(=O)(=O)c2ccc(Cl)cc2)CC1. The van der Waals surface area contributed by atoms with Crippen molar-refractivity contribution in [3.63, 3.8) is 0 Å². The zero-order valence-corrected chi connectivity index (χ0v) is 15.2. The molecule has 1 aliphatic rings. The lowest BCUT2D eigenvalue weighted by Crippen LogP contribution is -2.49. The summed E-state index contributed by atoms with van der Waals surface area (Å²) in [6.45, 7) is 4.62. The fourth-order valence-corrected chi connectivity index (χ4v) is 4.58. The van der Waals surface area contributed by atoms with E-state index in [4.69, 9.17) is 11.6 Å². The molecule has 128 valence electrons. The number of piperazine rings is 1. The van der Waals surface area contributed by atoms with Crippen LogP contribution < -0.4 is 0 Å². The molecule has 2 aromatic carbocycles. The van der Waals surface area contributed by atoms with Crippen molar-refractivity contribution >= 4 is 21.6 Å². The van der Waals surface area contributed by atoms with Gasteiger partial charge in [0.2, 0.25) is 10.0 Å². The highest BCUT2D eigenvalue weighted by Gasteiger charge is 2.30. The molecule has 0 saturated carbocycles. The number of sulfonamides is 1. The van der Waals surface area contributed by atoms with Crippen molar-refractivity contribution in [1.82, 2.24) is 9.21 Å². The molecule has 0 amide bonds. The number of halogens is 1. The van der Waals surface area contributed by atoms with Gasteiger partial charge in [-0.25, -0.2) is 8.42 Å². The van der Waals surface area contributed by atoms with Gasteiger partial charge in [-0.1, -0.05) is 41.9 Å². The smallest absolute Gasteiger partial charge is 0.243 e. The molecule has 0 N–H and O–H groups in total. The maximum absolute atomic E-state index is 12.7. The molecule has 0 aliphatic carbocycles. The van der Waals surface area contributed by atoms with E-state index in [9.17, 15) is 8.42 Å². The first-order valence-electron chi connectivity index (χ1n) is 8.03. The molecule has 3 rings (SSSR count). The van der Waals surface area contributed by atoms with E-state index in [0.717, 1.165) is 13.1 Å². The predicted octanol–water partition coefficient (Wildman–Crippen LogP) is 3.41. The number of hydrogen-bond donors (Lipinski definition) is 0. The van der Waals surface area contributed by atoms with Crippen LogP contribution in [0.1, 0.15) is 18.5 Å². The van der Waals surface area contributed by atoms with E-state index in [1.165, 1.54) is 5.56 Å². The summed E-state index contributed by atoms with van der Waals surface area (Å²) in [6, 6.07) is 16.9. The van der Waals surface area contributed by atoms with E-state index in [1.807, 2.05) is 18.2 Å². The van der Waals surface area contributed by atoms with E-state index in [0.29, 0.717) is 23.0 Å². The molecule has 0 bridgehead atoms. The van der Waals surface area contributed by atoms with Gasteiger partial charge < -0.3 is 0 Å². The fraction of sp³-hybridized carbons (Fsp3) is 0.333. The summed E-state index contributed by atoms with van der Waals surface area (Å²) in [5.74, 6) is 0. The van der Waals surface area contributed by atoms with Crippen LogP contribution in [0.25, 0.3) is 0 Å². The Labute approximate surface area is 148 Å². The van der Waals surface area contributed by atoms with E-state index in [-0.39, 0.29) is 6.04 Å². The van der Waals surface area contributed by atoms with E-state index in [2.05, 4.69) is 24.0 Å². The lowest BCUT2D eigenvalue weighted by Gasteiger charge is -2.37. The molecule has 6 heteroatoms. The second-order valence-electron chi connectivity index (χ2n) is 5.98. The lowest BCUT2D eigenvalue weighted by molar-refractivity contribution is 0.146. The Morgan fingerprint density at radius 3 is 2.08 bits per heavy atom. The number of hydrogen-bond acceptors (Lipinski definition) is 3. The fourth-order valence-electron chi connectivity index (χ4n) is 3.03. The summed E-state index contributed by atoms with van der Waals surface area (Å²) in [6.07, 6.45) is 0. The van der Waals surface area contributed by atoms with Crippen molar-refractivity contribution in [2.75, 3.05) is 26.2 Å². The highest BCUT2D eigenvalue weighted by atomic mass is 35.5. The van der Waals surface area contributed by atoms with Crippen molar-refractivity contribution < 1.29 is 8.42 Å². The van der Waals surface area contributed by atoms with Crippen LogP contribution in [0.5, 0.6) is 0 Å². The minimum atomic E-state index is -3.44. The number of rotatable bonds is 4. The number of benzene rings is 2. The summed E-state index contributed by atoms with van der Waals surface area (Å²) in [5.41, 5.74) is 1.26. The van der Waals surface area contributed by atoms with Crippen molar-refractivity contribution in [3.05, 3.63) is 65.2 Å². The maximum atomic E-state index is 12.7. The highest BCUT2D eigenvalue weighted by Crippen LogP contribution is 2.24. The first kappa shape index (κ1) is 17.4. The van der Waals surface area contributed by atoms with Gasteiger partial charge in [0, 0.05) is 37.2 Å². The number of nitrogens with zero attached hydrogens (tertiary/aromatic N) is 2. The molecule has 0 aromatic heterocycles. The molecule has 24 heavy (non-hydrogen) atoms. The van der Waals surface area contributed by atoms with Crippen molar-refractivity contribution in [2.45, 2.75) is 17.9 Å². The third-order valence-corrected chi connectivity index (χ3v) is 6.72. The molecule has 4 nitrogen and oxygen atoms in total. The van der Waals surface area contributed by atoms with Gasteiger partial charge in [-0.05, 0) is 36.8 Å². The molecule has 1 aliphatic heterocycles. The van der Waals surface area contributed by atoms with Crippen LogP contribution in [0.4, 0.5) is 0 Å². The Balaban J connectivity index is 1.67. The van der Waals surface area contributed by atoms with Gasteiger partial charge in [-0.15, -0.1) is 0 Å². The average molecular weight is 365 g/mol. The molecule has 1 saturated heterocycles. The van der Waals surface area contributed by atoms with Crippen molar-refractivity contribution in [2.24, 2.45) is 0 Å². The molecule has 1 unspecified atom stereocenters. The van der Waals surface area contributed by atoms with Crippen LogP contribution in [0.2, 0.25) is 5.02 Å². The van der Waals surface area contributed by atoms with Crippen LogP contribution in [-0.4, -0.2) is 43.8 Å². The summed E-state index contributed by atoms with van der Waals surface area (Å²) in [5, 5.41) is 0.537. The normalized spacial score (nSPS) is 18.4. The van der Waals surface area contributed by atoms with Gasteiger partial charge >= 0.3 is 0 Å². The second kappa shape index (κ2) is 7.23. The van der Waals surface area contributed by atoms with Crippen LogP contribution >= 0.6 is 11.6 Å². The van der Waals surface area contributed by atoms with Gasteiger partial charge in [0.05, 0.1) is 4.90 Å². The first-order chi connectivity index (χ1) is 11.5.